The van der Waals surface area contributed by atoms with Gasteiger partial charge in [0, 0.05) is 26.2 Å². The molecular weight excluding hydrogens is 381 g/mol. The molecule has 0 bridgehead atoms. The average Bonchev–Trinajstić information content (AvgIpc) is 3.11. The van der Waals surface area contributed by atoms with E-state index in [2.05, 4.69) is 9.80 Å². The van der Waals surface area contributed by atoms with Crippen LogP contribution in [0, 0.1) is 0 Å². The summed E-state index contributed by atoms with van der Waals surface area (Å²) < 4.78 is 27.0. The summed E-state index contributed by atoms with van der Waals surface area (Å²) in [5.41, 5.74) is 0. The van der Waals surface area contributed by atoms with Gasteiger partial charge in [-0.3, -0.25) is 0 Å². The fourth-order valence-corrected chi connectivity index (χ4v) is 5.32. The highest BCUT2D eigenvalue weighted by atomic mass is 35.5. The van der Waals surface area contributed by atoms with Gasteiger partial charge in [-0.15, -0.1) is 0 Å². The van der Waals surface area contributed by atoms with Gasteiger partial charge in [0.1, 0.15) is 0 Å². The number of sulfonamides is 1. The van der Waals surface area contributed by atoms with Crippen molar-refractivity contribution in [3.63, 3.8) is 0 Å². The average molecular weight is 406 g/mol. The molecular formula is C17H25Cl2N3O2S. The molecule has 2 aliphatic rings. The molecule has 0 spiro atoms. The highest BCUT2D eigenvalue weighted by molar-refractivity contribution is 7.89. The molecule has 2 saturated heterocycles. The molecule has 0 aromatic heterocycles. The number of halogens is 2. The van der Waals surface area contributed by atoms with Crippen molar-refractivity contribution in [1.82, 2.24) is 14.1 Å². The zero-order valence-corrected chi connectivity index (χ0v) is 16.7. The highest BCUT2D eigenvalue weighted by Gasteiger charge is 2.28. The fourth-order valence-electron chi connectivity index (χ4n) is 3.50. The van der Waals surface area contributed by atoms with Crippen LogP contribution in [0.3, 0.4) is 0 Å². The van der Waals surface area contributed by atoms with E-state index in [1.807, 2.05) is 0 Å². The van der Waals surface area contributed by atoms with Gasteiger partial charge >= 0.3 is 0 Å². The number of hydrogen-bond acceptors (Lipinski definition) is 4. The van der Waals surface area contributed by atoms with Crippen LogP contribution in [0.4, 0.5) is 0 Å². The predicted octanol–water partition coefficient (Wildman–Crippen LogP) is 2.79. The second-order valence-corrected chi connectivity index (χ2v) is 9.48. The van der Waals surface area contributed by atoms with Crippen LogP contribution >= 0.6 is 23.2 Å². The SMILES string of the molecule is O=S(=O)(c1ccc(Cl)c(Cl)c1)N1CCN(CCCN2CCCC2)CC1. The molecule has 0 aliphatic carbocycles. The number of piperazine rings is 1. The van der Waals surface area contributed by atoms with Gasteiger partial charge < -0.3 is 9.80 Å². The van der Waals surface area contributed by atoms with Gasteiger partial charge in [0.15, 0.2) is 0 Å². The zero-order valence-electron chi connectivity index (χ0n) is 14.3. The van der Waals surface area contributed by atoms with Gasteiger partial charge in [0.25, 0.3) is 0 Å². The van der Waals surface area contributed by atoms with Crippen LogP contribution in [0.25, 0.3) is 0 Å². The Hall–Kier alpha value is -0.370. The Morgan fingerprint density at radius 2 is 1.44 bits per heavy atom. The molecule has 25 heavy (non-hydrogen) atoms. The summed E-state index contributed by atoms with van der Waals surface area (Å²) in [5.74, 6) is 0. The van der Waals surface area contributed by atoms with E-state index in [1.165, 1.54) is 44.1 Å². The summed E-state index contributed by atoms with van der Waals surface area (Å²) in [6.07, 6.45) is 3.80. The Kier molecular flexibility index (Phi) is 6.63. The van der Waals surface area contributed by atoms with Crippen LogP contribution in [-0.2, 0) is 10.0 Å². The number of likely N-dealkylation sites (tertiary alicyclic amines) is 1. The maximum Gasteiger partial charge on any atom is 0.243 e. The van der Waals surface area contributed by atoms with Crippen molar-refractivity contribution in [2.45, 2.75) is 24.2 Å². The van der Waals surface area contributed by atoms with Gasteiger partial charge in [-0.25, -0.2) is 8.42 Å². The molecule has 8 heteroatoms. The molecule has 0 saturated carbocycles. The summed E-state index contributed by atoms with van der Waals surface area (Å²) in [6.45, 7) is 7.25. The molecule has 0 atom stereocenters. The van der Waals surface area contributed by atoms with E-state index in [1.54, 1.807) is 4.31 Å². The Bertz CT molecular complexity index is 685. The number of benzene rings is 1. The molecule has 1 aromatic carbocycles. The first kappa shape index (κ1) is 19.4. The number of nitrogens with zero attached hydrogens (tertiary/aromatic N) is 3. The first-order valence-electron chi connectivity index (χ1n) is 8.87. The van der Waals surface area contributed by atoms with Crippen molar-refractivity contribution in [3.05, 3.63) is 28.2 Å². The fraction of sp³-hybridized carbons (Fsp3) is 0.647. The Morgan fingerprint density at radius 1 is 0.840 bits per heavy atom. The highest BCUT2D eigenvalue weighted by Crippen LogP contribution is 2.27. The lowest BCUT2D eigenvalue weighted by Crippen LogP contribution is -2.49. The van der Waals surface area contributed by atoms with Gasteiger partial charge in [-0.05, 0) is 63.6 Å². The van der Waals surface area contributed by atoms with Crippen LogP contribution in [0.1, 0.15) is 19.3 Å². The first-order chi connectivity index (χ1) is 12.0. The quantitative estimate of drug-likeness (QED) is 0.729. The Balaban J connectivity index is 1.49. The maximum absolute atomic E-state index is 12.7. The minimum absolute atomic E-state index is 0.212. The van der Waals surface area contributed by atoms with E-state index < -0.39 is 10.0 Å². The van der Waals surface area contributed by atoms with E-state index in [4.69, 9.17) is 23.2 Å². The van der Waals surface area contributed by atoms with Crippen molar-refractivity contribution in [3.8, 4) is 0 Å². The van der Waals surface area contributed by atoms with Crippen molar-refractivity contribution >= 4 is 33.2 Å². The predicted molar refractivity (Wildman–Crippen MR) is 102 cm³/mol. The molecule has 0 amide bonds. The normalized spacial score (nSPS) is 21.0. The Morgan fingerprint density at radius 3 is 2.04 bits per heavy atom. The van der Waals surface area contributed by atoms with E-state index >= 15 is 0 Å². The molecule has 5 nitrogen and oxygen atoms in total. The minimum atomic E-state index is -3.50. The third kappa shape index (κ3) is 4.87. The Labute approximate surface area is 160 Å². The van der Waals surface area contributed by atoms with Crippen LogP contribution in [0.15, 0.2) is 23.1 Å². The third-order valence-corrected chi connectivity index (χ3v) is 7.64. The van der Waals surface area contributed by atoms with Crippen LogP contribution in [-0.4, -0.2) is 74.9 Å². The monoisotopic (exact) mass is 405 g/mol. The zero-order chi connectivity index (χ0) is 17.9. The summed E-state index contributed by atoms with van der Waals surface area (Å²) in [6, 6.07) is 4.49. The third-order valence-electron chi connectivity index (χ3n) is 5.01. The lowest BCUT2D eigenvalue weighted by molar-refractivity contribution is 0.179. The molecule has 0 N–H and O–H groups in total. The summed E-state index contributed by atoms with van der Waals surface area (Å²) in [4.78, 5) is 5.09. The molecule has 2 heterocycles. The van der Waals surface area contributed by atoms with Gasteiger partial charge in [0.2, 0.25) is 10.0 Å². The lowest BCUT2D eigenvalue weighted by Gasteiger charge is -2.34. The second kappa shape index (κ2) is 8.55. The van der Waals surface area contributed by atoms with E-state index in [9.17, 15) is 8.42 Å². The van der Waals surface area contributed by atoms with E-state index in [0.29, 0.717) is 18.1 Å². The van der Waals surface area contributed by atoms with Crippen LogP contribution < -0.4 is 0 Å². The maximum atomic E-state index is 12.7. The number of hydrogen-bond donors (Lipinski definition) is 0. The topological polar surface area (TPSA) is 43.9 Å². The van der Waals surface area contributed by atoms with Crippen LogP contribution in [0.2, 0.25) is 10.0 Å². The van der Waals surface area contributed by atoms with E-state index in [-0.39, 0.29) is 9.92 Å². The molecule has 2 fully saturated rings. The standard InChI is InChI=1S/C17H25Cl2N3O2S/c18-16-5-4-15(14-17(16)19)25(23,24)22-12-10-21(11-13-22)9-3-8-20-6-1-2-7-20/h4-5,14H,1-3,6-13H2. The van der Waals surface area contributed by atoms with Crippen molar-refractivity contribution in [2.24, 2.45) is 0 Å². The number of rotatable bonds is 6. The molecule has 1 aromatic rings. The second-order valence-electron chi connectivity index (χ2n) is 6.72. The van der Waals surface area contributed by atoms with Crippen LogP contribution in [0.5, 0.6) is 0 Å². The molecule has 0 unspecified atom stereocenters. The largest absolute Gasteiger partial charge is 0.303 e. The van der Waals surface area contributed by atoms with Gasteiger partial charge in [-0.2, -0.15) is 4.31 Å². The molecule has 2 aliphatic heterocycles. The summed E-state index contributed by atoms with van der Waals surface area (Å²) >= 11 is 11.8. The summed E-state index contributed by atoms with van der Waals surface area (Å²) in [7, 11) is -3.50. The minimum Gasteiger partial charge on any atom is -0.303 e. The van der Waals surface area contributed by atoms with Crippen molar-refractivity contribution < 1.29 is 8.42 Å². The summed E-state index contributed by atoms with van der Waals surface area (Å²) in [5, 5.41) is 0.631. The smallest absolute Gasteiger partial charge is 0.243 e. The van der Waals surface area contributed by atoms with Gasteiger partial charge in [0.05, 0.1) is 14.9 Å². The van der Waals surface area contributed by atoms with E-state index in [0.717, 1.165) is 32.6 Å². The molecule has 140 valence electrons. The molecule has 0 radical (unpaired) electrons. The van der Waals surface area contributed by atoms with Crippen molar-refractivity contribution in [1.29, 1.82) is 0 Å². The lowest BCUT2D eigenvalue weighted by atomic mass is 10.3. The molecule has 3 rings (SSSR count). The van der Waals surface area contributed by atoms with Crippen molar-refractivity contribution in [2.75, 3.05) is 52.4 Å². The first-order valence-corrected chi connectivity index (χ1v) is 11.1. The van der Waals surface area contributed by atoms with Gasteiger partial charge in [-0.1, -0.05) is 23.2 Å².